The number of carbonyl (C=O) groups is 1. The molecule has 0 radical (unpaired) electrons. The van der Waals surface area contributed by atoms with Gasteiger partial charge < -0.3 is 11.1 Å². The van der Waals surface area contributed by atoms with E-state index in [4.69, 9.17) is 5.73 Å². The van der Waals surface area contributed by atoms with Gasteiger partial charge in [0.15, 0.2) is 0 Å². The van der Waals surface area contributed by atoms with E-state index in [0.717, 1.165) is 13.0 Å². The third kappa shape index (κ3) is 4.67. The second-order valence-electron chi connectivity index (χ2n) is 6.23. The maximum Gasteiger partial charge on any atom is 0.231 e. The summed E-state index contributed by atoms with van der Waals surface area (Å²) < 4.78 is 0. The number of hydrogen-bond donors (Lipinski definition) is 2. The van der Waals surface area contributed by atoms with Crippen LogP contribution in [-0.2, 0) is 16.6 Å². The van der Waals surface area contributed by atoms with Crippen LogP contribution in [0.3, 0.4) is 0 Å². The summed E-state index contributed by atoms with van der Waals surface area (Å²) in [5.74, 6) is -0.309. The molecule has 1 amide bonds. The summed E-state index contributed by atoms with van der Waals surface area (Å²) in [7, 11) is 0. The van der Waals surface area contributed by atoms with E-state index in [9.17, 15) is 4.79 Å². The Kier molecular flexibility index (Phi) is 5.12. The Morgan fingerprint density at radius 3 is 2.16 bits per heavy atom. The molecule has 0 aliphatic carbocycles. The molecule has 3 N–H and O–H groups in total. The van der Waals surface area contributed by atoms with Crippen molar-refractivity contribution in [1.29, 1.82) is 0 Å². The molecule has 0 atom stereocenters. The molecule has 0 aliphatic heterocycles. The van der Waals surface area contributed by atoms with Gasteiger partial charge in [0.2, 0.25) is 5.91 Å². The fourth-order valence-electron chi connectivity index (χ4n) is 2.25. The summed E-state index contributed by atoms with van der Waals surface area (Å²) in [5, 5.41) is 3.06. The molecule has 0 unspecified atom stereocenters. The van der Waals surface area contributed by atoms with Gasteiger partial charge >= 0.3 is 0 Å². The topological polar surface area (TPSA) is 55.1 Å². The lowest BCUT2D eigenvalue weighted by Crippen LogP contribution is -2.30. The first kappa shape index (κ1) is 15.7. The van der Waals surface area contributed by atoms with Gasteiger partial charge in [-0.3, -0.25) is 4.79 Å². The zero-order chi connectivity index (χ0) is 14.6. The van der Waals surface area contributed by atoms with Crippen LogP contribution in [0.5, 0.6) is 0 Å². The van der Waals surface area contributed by atoms with Crippen LogP contribution < -0.4 is 11.1 Å². The maximum atomic E-state index is 10.7. The molecule has 19 heavy (non-hydrogen) atoms. The van der Waals surface area contributed by atoms with Crippen molar-refractivity contribution < 1.29 is 4.79 Å². The molecule has 1 aromatic carbocycles. The summed E-state index contributed by atoms with van der Waals surface area (Å²) in [5.41, 5.74) is 10.7. The quantitative estimate of drug-likeness (QED) is 0.799. The Morgan fingerprint density at radius 2 is 1.74 bits per heavy atom. The predicted molar refractivity (Wildman–Crippen MR) is 80.4 cm³/mol. The third-order valence-electron chi connectivity index (χ3n) is 3.41. The van der Waals surface area contributed by atoms with Crippen molar-refractivity contribution in [2.24, 2.45) is 5.73 Å². The fourth-order valence-corrected chi connectivity index (χ4v) is 2.25. The molecule has 106 valence electrons. The lowest BCUT2D eigenvalue weighted by molar-refractivity contribution is -0.117. The number of primary amides is 1. The largest absolute Gasteiger partial charge is 0.369 e. The van der Waals surface area contributed by atoms with E-state index >= 15 is 0 Å². The minimum Gasteiger partial charge on any atom is -0.369 e. The van der Waals surface area contributed by atoms with Gasteiger partial charge in [-0.05, 0) is 54.5 Å². The van der Waals surface area contributed by atoms with E-state index in [1.807, 2.05) is 0 Å². The molecule has 0 aliphatic rings. The summed E-state index contributed by atoms with van der Waals surface area (Å²) >= 11 is 0. The molecule has 0 aromatic heterocycles. The van der Waals surface area contributed by atoms with E-state index in [2.05, 4.69) is 52.1 Å². The van der Waals surface area contributed by atoms with Crippen molar-refractivity contribution in [2.45, 2.75) is 46.5 Å². The zero-order valence-corrected chi connectivity index (χ0v) is 12.8. The summed E-state index contributed by atoms with van der Waals surface area (Å²) in [6.45, 7) is 12.0. The van der Waals surface area contributed by atoms with Gasteiger partial charge in [-0.2, -0.15) is 0 Å². The monoisotopic (exact) mass is 262 g/mol. The first-order valence-corrected chi connectivity index (χ1v) is 6.81. The highest BCUT2D eigenvalue weighted by Crippen LogP contribution is 2.26. The van der Waals surface area contributed by atoms with Crippen molar-refractivity contribution in [3.05, 3.63) is 34.4 Å². The second-order valence-corrected chi connectivity index (χ2v) is 6.23. The number of benzene rings is 1. The van der Waals surface area contributed by atoms with E-state index in [1.165, 1.54) is 22.3 Å². The van der Waals surface area contributed by atoms with Crippen LogP contribution in [0.1, 0.15) is 43.0 Å². The molecule has 0 fully saturated rings. The number of nitrogens with one attached hydrogen (secondary N) is 1. The standard InChI is InChI=1S/C16H26N2O/c1-11-8-13(16(3,4)5)9-12(2)14(11)6-7-18-10-15(17)19/h8-9,18H,6-7,10H2,1-5H3,(H2,17,19). The smallest absolute Gasteiger partial charge is 0.231 e. The molecule has 1 rings (SSSR count). The second kappa shape index (κ2) is 6.20. The Morgan fingerprint density at radius 1 is 1.21 bits per heavy atom. The van der Waals surface area contributed by atoms with Crippen molar-refractivity contribution in [3.63, 3.8) is 0 Å². The number of carbonyl (C=O) groups excluding carboxylic acids is 1. The Balaban J connectivity index is 2.78. The lowest BCUT2D eigenvalue weighted by atomic mass is 9.83. The first-order valence-electron chi connectivity index (χ1n) is 6.81. The van der Waals surface area contributed by atoms with Crippen molar-refractivity contribution in [2.75, 3.05) is 13.1 Å². The van der Waals surface area contributed by atoms with E-state index in [0.29, 0.717) is 0 Å². The van der Waals surface area contributed by atoms with Gasteiger partial charge in [-0.15, -0.1) is 0 Å². The fraction of sp³-hybridized carbons (Fsp3) is 0.562. The molecule has 0 bridgehead atoms. The van der Waals surface area contributed by atoms with Crippen molar-refractivity contribution in [1.82, 2.24) is 5.32 Å². The number of hydrogen-bond acceptors (Lipinski definition) is 2. The minimum absolute atomic E-state index is 0.179. The van der Waals surface area contributed by atoms with Crippen LogP contribution in [0.25, 0.3) is 0 Å². The molecular formula is C16H26N2O. The number of aryl methyl sites for hydroxylation is 2. The summed E-state index contributed by atoms with van der Waals surface area (Å²) in [6, 6.07) is 4.55. The van der Waals surface area contributed by atoms with Gasteiger partial charge in [-0.25, -0.2) is 0 Å². The molecular weight excluding hydrogens is 236 g/mol. The Labute approximate surface area is 116 Å². The SMILES string of the molecule is Cc1cc(C(C)(C)C)cc(C)c1CCNCC(N)=O. The lowest BCUT2D eigenvalue weighted by Gasteiger charge is -2.22. The molecule has 0 saturated heterocycles. The summed E-state index contributed by atoms with van der Waals surface area (Å²) in [4.78, 5) is 10.7. The van der Waals surface area contributed by atoms with Crippen LogP contribution in [0, 0.1) is 13.8 Å². The van der Waals surface area contributed by atoms with Gasteiger partial charge in [0.25, 0.3) is 0 Å². The maximum absolute atomic E-state index is 10.7. The highest BCUT2D eigenvalue weighted by atomic mass is 16.1. The van der Waals surface area contributed by atoms with Crippen molar-refractivity contribution in [3.8, 4) is 0 Å². The van der Waals surface area contributed by atoms with Crippen LogP contribution in [0.15, 0.2) is 12.1 Å². The minimum atomic E-state index is -0.309. The Bertz CT molecular complexity index is 435. The average molecular weight is 262 g/mol. The molecule has 0 heterocycles. The van der Waals surface area contributed by atoms with Crippen LogP contribution >= 0.6 is 0 Å². The zero-order valence-electron chi connectivity index (χ0n) is 12.8. The predicted octanol–water partition coefficient (Wildman–Crippen LogP) is 2.22. The van der Waals surface area contributed by atoms with E-state index < -0.39 is 0 Å². The number of nitrogens with two attached hydrogens (primary N) is 1. The highest BCUT2D eigenvalue weighted by Gasteiger charge is 2.16. The number of rotatable bonds is 5. The molecule has 3 nitrogen and oxygen atoms in total. The van der Waals surface area contributed by atoms with E-state index in [1.54, 1.807) is 0 Å². The van der Waals surface area contributed by atoms with Gasteiger partial charge in [0.1, 0.15) is 0 Å². The van der Waals surface area contributed by atoms with Gasteiger partial charge in [0, 0.05) is 0 Å². The molecule has 1 aromatic rings. The van der Waals surface area contributed by atoms with Crippen LogP contribution in [0.4, 0.5) is 0 Å². The van der Waals surface area contributed by atoms with Crippen molar-refractivity contribution >= 4 is 5.91 Å². The van der Waals surface area contributed by atoms with Crippen LogP contribution in [0.2, 0.25) is 0 Å². The van der Waals surface area contributed by atoms with Gasteiger partial charge in [0.05, 0.1) is 6.54 Å². The van der Waals surface area contributed by atoms with Crippen LogP contribution in [-0.4, -0.2) is 19.0 Å². The summed E-state index contributed by atoms with van der Waals surface area (Å²) in [6.07, 6.45) is 0.926. The highest BCUT2D eigenvalue weighted by molar-refractivity contribution is 5.75. The van der Waals surface area contributed by atoms with Gasteiger partial charge in [-0.1, -0.05) is 32.9 Å². The third-order valence-corrected chi connectivity index (χ3v) is 3.41. The average Bonchev–Trinajstić information content (AvgIpc) is 2.25. The molecule has 0 saturated carbocycles. The Hall–Kier alpha value is -1.35. The van der Waals surface area contributed by atoms with E-state index in [-0.39, 0.29) is 17.9 Å². The number of amides is 1. The normalized spacial score (nSPS) is 11.6. The molecule has 0 spiro atoms. The first-order chi connectivity index (χ1) is 8.71. The molecule has 3 heteroatoms.